The summed E-state index contributed by atoms with van der Waals surface area (Å²) in [5, 5.41) is 16.6. The van der Waals surface area contributed by atoms with Gasteiger partial charge in [0.15, 0.2) is 5.60 Å². The minimum Gasteiger partial charge on any atom is -0.478 e. The topological polar surface area (TPSA) is 122 Å². The number of piperidine rings is 1. The number of H-pyrrole nitrogens is 1. The highest BCUT2D eigenvalue weighted by Gasteiger charge is 2.39. The van der Waals surface area contributed by atoms with Crippen LogP contribution < -0.4 is 9.64 Å². The second-order valence-electron chi connectivity index (χ2n) is 13.0. The molecule has 3 aliphatic rings. The number of carbonyl (C=O) groups is 3. The van der Waals surface area contributed by atoms with Crippen LogP contribution in [0.25, 0.3) is 11.1 Å². The zero-order chi connectivity index (χ0) is 32.4. The van der Waals surface area contributed by atoms with Gasteiger partial charge in [0.05, 0.1) is 12.1 Å². The molecule has 12 heteroatoms. The lowest BCUT2D eigenvalue weighted by molar-refractivity contribution is -0.147. The summed E-state index contributed by atoms with van der Waals surface area (Å²) in [7, 11) is 0. The van der Waals surface area contributed by atoms with Gasteiger partial charge in [-0.15, -0.1) is 0 Å². The molecule has 0 bridgehead atoms. The normalized spacial score (nSPS) is 18.8. The number of nitrogens with zero attached hydrogens (tertiary/aromatic N) is 5. The van der Waals surface area contributed by atoms with Crippen LogP contribution in [0.5, 0.6) is 5.75 Å². The summed E-state index contributed by atoms with van der Waals surface area (Å²) in [6.45, 7) is 6.56. The first kappa shape index (κ1) is 31.7. The molecule has 3 fully saturated rings. The van der Waals surface area contributed by atoms with Crippen LogP contribution in [0.2, 0.25) is 5.02 Å². The monoisotopic (exact) mass is 648 g/mol. The summed E-state index contributed by atoms with van der Waals surface area (Å²) in [4.78, 5) is 45.8. The second-order valence-corrected chi connectivity index (χ2v) is 13.4. The Kier molecular flexibility index (Phi) is 9.13. The number of nitrogens with one attached hydrogen (secondary N) is 1. The van der Waals surface area contributed by atoms with E-state index in [1.165, 1.54) is 4.90 Å². The van der Waals surface area contributed by atoms with Gasteiger partial charge in [0, 0.05) is 80.4 Å². The van der Waals surface area contributed by atoms with Gasteiger partial charge in [0.2, 0.25) is 5.91 Å². The molecular formula is C34H41ClN6O5. The van der Waals surface area contributed by atoms with Gasteiger partial charge in [-0.25, -0.2) is 4.79 Å². The molecule has 1 aliphatic carbocycles. The number of amides is 3. The van der Waals surface area contributed by atoms with Crippen molar-refractivity contribution in [2.24, 2.45) is 5.92 Å². The molecule has 3 aromatic rings. The van der Waals surface area contributed by atoms with Crippen LogP contribution in [-0.4, -0.2) is 98.8 Å². The van der Waals surface area contributed by atoms with Crippen LogP contribution >= 0.6 is 11.6 Å². The van der Waals surface area contributed by atoms with Crippen LogP contribution in [0.3, 0.4) is 0 Å². The average Bonchev–Trinajstić information content (AvgIpc) is 3.75. The lowest BCUT2D eigenvalue weighted by Gasteiger charge is -2.38. The van der Waals surface area contributed by atoms with E-state index in [-0.39, 0.29) is 36.9 Å². The smallest absolute Gasteiger partial charge is 0.407 e. The van der Waals surface area contributed by atoms with Crippen molar-refractivity contribution in [2.45, 2.75) is 57.7 Å². The first-order valence-corrected chi connectivity index (χ1v) is 16.4. The number of aromatic nitrogens is 2. The summed E-state index contributed by atoms with van der Waals surface area (Å²) >= 11 is 6.56. The summed E-state index contributed by atoms with van der Waals surface area (Å²) in [6, 6.07) is 14.1. The van der Waals surface area contributed by atoms with Gasteiger partial charge in [-0.2, -0.15) is 5.10 Å². The molecule has 3 amide bonds. The van der Waals surface area contributed by atoms with Crippen LogP contribution in [0.15, 0.2) is 54.9 Å². The van der Waals surface area contributed by atoms with Gasteiger partial charge in [0.25, 0.3) is 5.91 Å². The number of halogens is 1. The number of carbonyl (C=O) groups excluding carboxylic acids is 2. The lowest BCUT2D eigenvalue weighted by atomic mass is 9.95. The predicted octanol–water partition coefficient (Wildman–Crippen LogP) is 5.12. The fourth-order valence-corrected chi connectivity index (χ4v) is 6.66. The van der Waals surface area contributed by atoms with E-state index in [1.807, 2.05) is 18.3 Å². The number of piperazine rings is 1. The van der Waals surface area contributed by atoms with E-state index in [4.69, 9.17) is 16.3 Å². The van der Waals surface area contributed by atoms with Crippen LogP contribution in [0.1, 0.15) is 45.1 Å². The maximum atomic E-state index is 14.0. The Bertz CT molecular complexity index is 1550. The maximum absolute atomic E-state index is 14.0. The van der Waals surface area contributed by atoms with E-state index >= 15 is 0 Å². The number of carboxylic acid groups (broad SMARTS) is 1. The van der Waals surface area contributed by atoms with Crippen LogP contribution in [-0.2, 0) is 16.1 Å². The predicted molar refractivity (Wildman–Crippen MR) is 175 cm³/mol. The molecule has 0 radical (unpaired) electrons. The van der Waals surface area contributed by atoms with E-state index in [2.05, 4.69) is 44.3 Å². The average molecular weight is 649 g/mol. The third kappa shape index (κ3) is 7.25. The number of rotatable bonds is 9. The molecule has 2 N–H and O–H groups in total. The molecule has 2 aromatic carbocycles. The summed E-state index contributed by atoms with van der Waals surface area (Å²) < 4.78 is 6.24. The Labute approximate surface area is 274 Å². The largest absolute Gasteiger partial charge is 0.478 e. The van der Waals surface area contributed by atoms with Gasteiger partial charge < -0.3 is 29.4 Å². The van der Waals surface area contributed by atoms with E-state index < -0.39 is 11.7 Å². The highest BCUT2D eigenvalue weighted by Crippen LogP contribution is 2.35. The number of benzene rings is 2. The first-order valence-electron chi connectivity index (χ1n) is 16.0. The van der Waals surface area contributed by atoms with Crippen molar-refractivity contribution in [3.63, 3.8) is 0 Å². The van der Waals surface area contributed by atoms with E-state index in [0.29, 0.717) is 37.0 Å². The number of anilines is 1. The zero-order valence-corrected chi connectivity index (χ0v) is 27.1. The quantitative estimate of drug-likeness (QED) is 0.330. The Morgan fingerprint density at radius 3 is 2.37 bits per heavy atom. The third-order valence-corrected chi connectivity index (χ3v) is 9.34. The van der Waals surface area contributed by atoms with Crippen molar-refractivity contribution in [1.29, 1.82) is 0 Å². The fourth-order valence-electron chi connectivity index (χ4n) is 6.44. The molecule has 11 nitrogen and oxygen atoms in total. The number of aromatic amines is 1. The molecule has 1 unspecified atom stereocenters. The summed E-state index contributed by atoms with van der Waals surface area (Å²) in [5.74, 6) is 0.320. The van der Waals surface area contributed by atoms with Gasteiger partial charge in [-0.05, 0) is 62.8 Å². The van der Waals surface area contributed by atoms with Crippen molar-refractivity contribution in [2.75, 3.05) is 44.2 Å². The fraction of sp³-hybridized carbons (Fsp3) is 0.471. The Balaban J connectivity index is 1.11. The van der Waals surface area contributed by atoms with Crippen molar-refractivity contribution >= 4 is 35.2 Å². The zero-order valence-electron chi connectivity index (χ0n) is 26.3. The molecular weight excluding hydrogens is 608 g/mol. The maximum Gasteiger partial charge on any atom is 0.407 e. The standard InChI is InChI=1S/C34H41ClN6O5/c1-34(2,32(43)38-12-14-39(15-13-38)33(44)45)46-30-17-27(35)16-29(18-30)40-11-3-4-25(22-40)31(42)41(28-9-10-28)21-23-5-7-24(8-6-23)26-19-36-37-20-26/h5-8,16-20,25,28H,3-4,9-15,21-22H2,1-2H3,(H,36,37)(H,44,45). The van der Waals surface area contributed by atoms with E-state index in [1.54, 1.807) is 31.0 Å². The molecule has 6 rings (SSSR count). The Morgan fingerprint density at radius 2 is 1.72 bits per heavy atom. The van der Waals surface area contributed by atoms with Crippen molar-refractivity contribution in [1.82, 2.24) is 24.9 Å². The molecule has 1 aromatic heterocycles. The highest BCUT2D eigenvalue weighted by molar-refractivity contribution is 6.31. The minimum atomic E-state index is -1.19. The molecule has 2 saturated heterocycles. The van der Waals surface area contributed by atoms with Gasteiger partial charge in [0.1, 0.15) is 5.75 Å². The molecule has 3 heterocycles. The van der Waals surface area contributed by atoms with Crippen molar-refractivity contribution in [3.8, 4) is 16.9 Å². The number of hydrogen-bond donors (Lipinski definition) is 2. The number of ether oxygens (including phenoxy) is 1. The summed E-state index contributed by atoms with van der Waals surface area (Å²) in [6.07, 6.45) is 6.47. The Morgan fingerprint density at radius 1 is 1.00 bits per heavy atom. The van der Waals surface area contributed by atoms with Gasteiger partial charge >= 0.3 is 6.09 Å². The second kappa shape index (κ2) is 13.2. The first-order chi connectivity index (χ1) is 22.1. The summed E-state index contributed by atoms with van der Waals surface area (Å²) in [5.41, 5.74) is 2.89. The third-order valence-electron chi connectivity index (χ3n) is 9.13. The lowest BCUT2D eigenvalue weighted by Crippen LogP contribution is -2.56. The molecule has 1 saturated carbocycles. The van der Waals surface area contributed by atoms with Crippen molar-refractivity contribution in [3.05, 3.63) is 65.4 Å². The molecule has 46 heavy (non-hydrogen) atoms. The SMILES string of the molecule is CC(C)(Oc1cc(Cl)cc(N2CCCC(C(=O)N(Cc3ccc(-c4cn[nH]c4)cc3)C3CC3)C2)c1)C(=O)N1CCN(C(=O)O)CC1. The van der Waals surface area contributed by atoms with Gasteiger partial charge in [-0.3, -0.25) is 14.7 Å². The molecule has 2 aliphatic heterocycles. The molecule has 1 atom stereocenters. The van der Waals surface area contributed by atoms with Crippen LogP contribution in [0.4, 0.5) is 10.5 Å². The molecule has 244 valence electrons. The number of hydrogen-bond acceptors (Lipinski definition) is 6. The highest BCUT2D eigenvalue weighted by atomic mass is 35.5. The van der Waals surface area contributed by atoms with Gasteiger partial charge in [-0.1, -0.05) is 35.9 Å². The molecule has 0 spiro atoms. The van der Waals surface area contributed by atoms with E-state index in [0.717, 1.165) is 54.6 Å². The van der Waals surface area contributed by atoms with Crippen molar-refractivity contribution < 1.29 is 24.2 Å². The minimum absolute atomic E-state index is 0.134. The Hall–Kier alpha value is -4.25. The van der Waals surface area contributed by atoms with E-state index in [9.17, 15) is 19.5 Å². The van der Waals surface area contributed by atoms with Crippen LogP contribution in [0, 0.1) is 5.92 Å².